The second-order valence-electron chi connectivity index (χ2n) is 3.94. The van der Waals surface area contributed by atoms with Crippen molar-refractivity contribution in [2.45, 2.75) is 25.1 Å². The maximum absolute atomic E-state index is 11.7. The first-order valence-corrected chi connectivity index (χ1v) is 5.65. The molecule has 0 heterocycles. The number of alkyl halides is 1. The molecule has 4 nitrogen and oxygen atoms in total. The summed E-state index contributed by atoms with van der Waals surface area (Å²) in [6, 6.07) is -0.456. The van der Waals surface area contributed by atoms with Crippen molar-refractivity contribution in [2.24, 2.45) is 5.92 Å². The van der Waals surface area contributed by atoms with Crippen molar-refractivity contribution < 1.29 is 9.59 Å². The van der Waals surface area contributed by atoms with Crippen LogP contribution in [-0.4, -0.2) is 35.3 Å². The van der Waals surface area contributed by atoms with Crippen LogP contribution in [-0.2, 0) is 4.79 Å². The molecule has 5 heteroatoms. The molecule has 1 fully saturated rings. The summed E-state index contributed by atoms with van der Waals surface area (Å²) in [6.07, 6.45) is 7.41. The number of imide groups is 1. The average Bonchev–Trinajstić information content (AvgIpc) is 3.00. The van der Waals surface area contributed by atoms with Crippen LogP contribution >= 0.6 is 11.6 Å². The van der Waals surface area contributed by atoms with Crippen molar-refractivity contribution in [1.29, 1.82) is 0 Å². The number of nitrogens with zero attached hydrogens (tertiary/aromatic N) is 1. The van der Waals surface area contributed by atoms with Gasteiger partial charge < -0.3 is 4.90 Å². The summed E-state index contributed by atoms with van der Waals surface area (Å²) in [5.74, 6) is 2.44. The number of nitrogens with one attached hydrogen (secondary N) is 1. The van der Waals surface area contributed by atoms with E-state index in [9.17, 15) is 9.59 Å². The van der Waals surface area contributed by atoms with Gasteiger partial charge in [-0.25, -0.2) is 4.79 Å². The largest absolute Gasteiger partial charge is 0.324 e. The van der Waals surface area contributed by atoms with Crippen molar-refractivity contribution in [3.8, 4) is 12.3 Å². The lowest BCUT2D eigenvalue weighted by Gasteiger charge is -2.20. The molecule has 0 bridgehead atoms. The number of carbonyl (C=O) groups excluding carboxylic acids is 2. The predicted molar refractivity (Wildman–Crippen MR) is 62.0 cm³/mol. The van der Waals surface area contributed by atoms with E-state index in [1.54, 1.807) is 0 Å². The van der Waals surface area contributed by atoms with Gasteiger partial charge in [-0.15, -0.1) is 18.0 Å². The molecular formula is C11H15ClN2O2. The number of hydrogen-bond acceptors (Lipinski definition) is 2. The van der Waals surface area contributed by atoms with Gasteiger partial charge in [0.2, 0.25) is 5.91 Å². The van der Waals surface area contributed by atoms with Crippen LogP contribution in [0.15, 0.2) is 0 Å². The van der Waals surface area contributed by atoms with Gasteiger partial charge in [-0.05, 0) is 25.7 Å². The zero-order chi connectivity index (χ0) is 12.1. The summed E-state index contributed by atoms with van der Waals surface area (Å²) in [5.41, 5.74) is 0. The first-order valence-electron chi connectivity index (χ1n) is 5.22. The van der Waals surface area contributed by atoms with Gasteiger partial charge in [-0.3, -0.25) is 10.1 Å². The van der Waals surface area contributed by atoms with Crippen molar-refractivity contribution in [3.05, 3.63) is 0 Å². The fourth-order valence-electron chi connectivity index (χ4n) is 1.23. The van der Waals surface area contributed by atoms with Gasteiger partial charge in [0.05, 0.1) is 6.54 Å². The maximum atomic E-state index is 11.7. The zero-order valence-electron chi connectivity index (χ0n) is 9.20. The van der Waals surface area contributed by atoms with E-state index in [0.717, 1.165) is 12.8 Å². The Morgan fingerprint density at radius 1 is 1.62 bits per heavy atom. The fourth-order valence-corrected chi connectivity index (χ4v) is 1.28. The molecule has 1 aliphatic carbocycles. The van der Waals surface area contributed by atoms with Gasteiger partial charge in [0.15, 0.2) is 0 Å². The molecule has 0 aromatic carbocycles. The summed E-state index contributed by atoms with van der Waals surface area (Å²) in [5, 5.41) is 1.49. The van der Waals surface area contributed by atoms with Crippen LogP contribution < -0.4 is 5.32 Å². The Balaban J connectivity index is 2.46. The van der Waals surface area contributed by atoms with Gasteiger partial charge in [0.25, 0.3) is 0 Å². The van der Waals surface area contributed by atoms with Crippen molar-refractivity contribution in [1.82, 2.24) is 10.2 Å². The molecule has 0 aromatic rings. The minimum Gasteiger partial charge on any atom is -0.313 e. The summed E-state index contributed by atoms with van der Waals surface area (Å²) in [4.78, 5) is 24.3. The number of halogens is 1. The minimum absolute atomic E-state index is 0.215. The molecule has 3 amide bonds. The third kappa shape index (κ3) is 4.11. The normalized spacial score (nSPS) is 16.1. The monoisotopic (exact) mass is 242 g/mol. The number of amides is 3. The van der Waals surface area contributed by atoms with Gasteiger partial charge >= 0.3 is 6.03 Å². The number of carbonyl (C=O) groups is 2. The Morgan fingerprint density at radius 2 is 2.25 bits per heavy atom. The van der Waals surface area contributed by atoms with E-state index in [1.807, 2.05) is 0 Å². The topological polar surface area (TPSA) is 49.4 Å². The highest BCUT2D eigenvalue weighted by molar-refractivity contribution is 6.31. The highest BCUT2D eigenvalue weighted by Gasteiger charge is 2.27. The van der Waals surface area contributed by atoms with Gasteiger partial charge in [0.1, 0.15) is 5.38 Å². The van der Waals surface area contributed by atoms with E-state index >= 15 is 0 Å². The molecule has 1 N–H and O–H groups in total. The number of hydrogen-bond donors (Lipinski definition) is 1. The van der Waals surface area contributed by atoms with Crippen molar-refractivity contribution in [2.75, 3.05) is 13.1 Å². The van der Waals surface area contributed by atoms with E-state index < -0.39 is 17.3 Å². The van der Waals surface area contributed by atoms with Crippen molar-refractivity contribution in [3.63, 3.8) is 0 Å². The van der Waals surface area contributed by atoms with Crippen LogP contribution in [0.3, 0.4) is 0 Å². The minimum atomic E-state index is -0.724. The Hall–Kier alpha value is -1.21. The standard InChI is InChI=1S/C11H15ClN2O2/c1-3-6-14(7-9-4-5-9)11(16)13-10(15)8(2)12/h1,8-9H,4-7H2,2H3,(H,13,15,16). The molecule has 0 aromatic heterocycles. The lowest BCUT2D eigenvalue weighted by Crippen LogP contribution is -2.45. The quantitative estimate of drug-likeness (QED) is 0.595. The maximum Gasteiger partial charge on any atom is 0.324 e. The smallest absolute Gasteiger partial charge is 0.313 e. The molecular weight excluding hydrogens is 228 g/mol. The molecule has 1 saturated carbocycles. The lowest BCUT2D eigenvalue weighted by atomic mass is 10.3. The Kier molecular flexibility index (Phi) is 4.63. The van der Waals surface area contributed by atoms with E-state index in [2.05, 4.69) is 11.2 Å². The molecule has 1 aliphatic rings. The predicted octanol–water partition coefficient (Wildman–Crippen LogP) is 1.20. The van der Waals surface area contributed by atoms with Crippen LogP contribution in [0.1, 0.15) is 19.8 Å². The highest BCUT2D eigenvalue weighted by atomic mass is 35.5. The zero-order valence-corrected chi connectivity index (χ0v) is 9.96. The first-order chi connectivity index (χ1) is 7.54. The molecule has 0 aliphatic heterocycles. The molecule has 1 unspecified atom stereocenters. The summed E-state index contributed by atoms with van der Waals surface area (Å²) in [6.45, 7) is 2.34. The Morgan fingerprint density at radius 3 is 2.69 bits per heavy atom. The first kappa shape index (κ1) is 12.9. The molecule has 1 rings (SSSR count). The van der Waals surface area contributed by atoms with E-state index in [-0.39, 0.29) is 6.54 Å². The number of urea groups is 1. The lowest BCUT2D eigenvalue weighted by molar-refractivity contribution is -0.119. The Labute approximate surface area is 100 Å². The van der Waals surface area contributed by atoms with Crippen LogP contribution in [0.2, 0.25) is 0 Å². The van der Waals surface area contributed by atoms with Crippen LogP contribution in [0.4, 0.5) is 4.79 Å². The second kappa shape index (κ2) is 5.76. The van der Waals surface area contributed by atoms with Crippen LogP contribution in [0.25, 0.3) is 0 Å². The van der Waals surface area contributed by atoms with Gasteiger partial charge in [-0.2, -0.15) is 0 Å². The van der Waals surface area contributed by atoms with Gasteiger partial charge in [-0.1, -0.05) is 5.92 Å². The van der Waals surface area contributed by atoms with E-state index in [0.29, 0.717) is 12.5 Å². The molecule has 1 atom stereocenters. The number of rotatable bonds is 4. The third-order valence-corrected chi connectivity index (χ3v) is 2.53. The molecule has 16 heavy (non-hydrogen) atoms. The molecule has 0 spiro atoms. The van der Waals surface area contributed by atoms with Crippen LogP contribution in [0.5, 0.6) is 0 Å². The number of terminal acetylenes is 1. The highest BCUT2D eigenvalue weighted by Crippen LogP contribution is 2.29. The molecule has 88 valence electrons. The van der Waals surface area contributed by atoms with E-state index in [4.69, 9.17) is 18.0 Å². The van der Waals surface area contributed by atoms with Crippen molar-refractivity contribution >= 4 is 23.5 Å². The fraction of sp³-hybridized carbons (Fsp3) is 0.636. The second-order valence-corrected chi connectivity index (χ2v) is 4.59. The van der Waals surface area contributed by atoms with E-state index in [1.165, 1.54) is 11.8 Å². The summed E-state index contributed by atoms with van der Waals surface area (Å²) < 4.78 is 0. The third-order valence-electron chi connectivity index (χ3n) is 2.34. The average molecular weight is 243 g/mol. The summed E-state index contributed by atoms with van der Waals surface area (Å²) >= 11 is 5.55. The summed E-state index contributed by atoms with van der Waals surface area (Å²) in [7, 11) is 0. The van der Waals surface area contributed by atoms with Crippen LogP contribution in [0, 0.1) is 18.3 Å². The molecule has 0 saturated heterocycles. The van der Waals surface area contributed by atoms with Gasteiger partial charge in [0, 0.05) is 6.54 Å². The SMILES string of the molecule is C#CCN(CC1CC1)C(=O)NC(=O)C(C)Cl. The molecule has 0 radical (unpaired) electrons. The Bertz CT molecular complexity index is 318.